The van der Waals surface area contributed by atoms with E-state index in [0.29, 0.717) is 31.1 Å². The summed E-state index contributed by atoms with van der Waals surface area (Å²) in [5.74, 6) is 0.774. The normalized spacial score (nSPS) is 40.0. The number of H-pyrrole nitrogens is 1. The summed E-state index contributed by atoms with van der Waals surface area (Å²) in [7, 11) is 0. The number of allylic oxidation sites excluding steroid dienone is 1. The molecule has 7 aliphatic rings. The monoisotopic (exact) mass is 803 g/mol. The van der Waals surface area contributed by atoms with Gasteiger partial charge >= 0.3 is 0 Å². The van der Waals surface area contributed by atoms with Gasteiger partial charge in [-0.25, -0.2) is 0 Å². The van der Waals surface area contributed by atoms with E-state index in [2.05, 4.69) is 81.6 Å². The van der Waals surface area contributed by atoms with E-state index in [0.717, 1.165) is 74.4 Å². The van der Waals surface area contributed by atoms with Gasteiger partial charge in [0.15, 0.2) is 5.78 Å². The Labute approximate surface area is 352 Å². The molecule has 6 aliphatic carbocycles. The molecule has 1 saturated heterocycles. The first-order chi connectivity index (χ1) is 28.0. The fraction of sp³-hybridized carbons (Fsp3) is 0.692. The number of aryl methyl sites for hydroxylation is 2. The van der Waals surface area contributed by atoms with Gasteiger partial charge in [0.1, 0.15) is 11.9 Å². The second-order valence-corrected chi connectivity index (χ2v) is 22.4. The van der Waals surface area contributed by atoms with Crippen LogP contribution in [0.1, 0.15) is 141 Å². The molecule has 2 aromatic heterocycles. The van der Waals surface area contributed by atoms with Crippen molar-refractivity contribution in [2.45, 2.75) is 169 Å². The van der Waals surface area contributed by atoms with Crippen LogP contribution >= 0.6 is 0 Å². The number of ketones is 2. The molecule has 0 amide bonds. The van der Waals surface area contributed by atoms with Crippen LogP contribution in [0.3, 0.4) is 0 Å². The van der Waals surface area contributed by atoms with Gasteiger partial charge in [-0.05, 0) is 142 Å². The molecule has 1 aromatic carbocycles. The summed E-state index contributed by atoms with van der Waals surface area (Å²) >= 11 is 0. The molecule has 0 radical (unpaired) electrons. The third-order valence-corrected chi connectivity index (χ3v) is 19.0. The number of aromatic amines is 1. The number of epoxide rings is 1. The minimum atomic E-state index is -0.673. The van der Waals surface area contributed by atoms with Crippen LogP contribution in [-0.2, 0) is 27.3 Å². The maximum absolute atomic E-state index is 15.4. The third-order valence-electron chi connectivity index (χ3n) is 19.0. The smallest absolute Gasteiger partial charge is 0.163 e. The second-order valence-electron chi connectivity index (χ2n) is 22.4. The Morgan fingerprint density at radius 3 is 2.36 bits per heavy atom. The van der Waals surface area contributed by atoms with Crippen LogP contribution < -0.4 is 0 Å². The van der Waals surface area contributed by atoms with Crippen molar-refractivity contribution in [3.8, 4) is 0 Å². The van der Waals surface area contributed by atoms with Crippen molar-refractivity contribution in [3.63, 3.8) is 0 Å². The highest BCUT2D eigenvalue weighted by molar-refractivity contribution is 6.03. The van der Waals surface area contributed by atoms with Crippen LogP contribution in [0, 0.1) is 71.0 Å². The number of aliphatic hydroxyl groups is 2. The summed E-state index contributed by atoms with van der Waals surface area (Å²) in [5, 5.41) is 25.3. The molecule has 10 rings (SSSR count). The van der Waals surface area contributed by atoms with E-state index in [-0.39, 0.29) is 63.3 Å². The van der Waals surface area contributed by atoms with Crippen LogP contribution in [0.4, 0.5) is 0 Å². The maximum atomic E-state index is 15.4. The van der Waals surface area contributed by atoms with Crippen LogP contribution in [0.2, 0.25) is 0 Å². The Bertz CT molecular complexity index is 2220. The van der Waals surface area contributed by atoms with E-state index in [1.165, 1.54) is 40.7 Å². The number of Topliss-reactive ketones (excluding diaryl/α,β-unsaturated/α-hetero) is 2. The molecule has 1 spiro atoms. The van der Waals surface area contributed by atoms with Crippen molar-refractivity contribution in [1.82, 2.24) is 9.55 Å². The first-order valence-corrected chi connectivity index (χ1v) is 23.5. The highest BCUT2D eigenvalue weighted by Gasteiger charge is 2.76. The number of aliphatic hydroxyl groups excluding tert-OH is 2. The van der Waals surface area contributed by atoms with Gasteiger partial charge in [-0.2, -0.15) is 0 Å². The number of hydrogen-bond acceptors (Lipinski definition) is 5. The number of nitrogens with one attached hydrogen (secondary N) is 1. The fourth-order valence-electron chi connectivity index (χ4n) is 16.7. The summed E-state index contributed by atoms with van der Waals surface area (Å²) in [6, 6.07) is 8.97. The SMILES string of the molecule is Cc1cc(C)cc(Cc2cn(C[C@@H]3C4=C([C@H](C)C[C@@H](O)[C@H]5OC5(C)C)C(=O)[C@H]5CCC[C@@]6(CC[C@@H]7[C@@](C)(CCC(=O)[C@@]7(C)C7CCCC7)[C@H]6[C@@H]3O)[C@]45C)c3cc[nH]c23)c1. The Balaban J connectivity index is 1.13. The van der Waals surface area contributed by atoms with Crippen molar-refractivity contribution in [1.29, 1.82) is 0 Å². The molecule has 7 nitrogen and oxygen atoms in total. The molecule has 12 atom stereocenters. The van der Waals surface area contributed by atoms with Gasteiger partial charge < -0.3 is 24.5 Å². The molecule has 0 unspecified atom stereocenters. The summed E-state index contributed by atoms with van der Waals surface area (Å²) in [4.78, 5) is 33.4. The number of ether oxygens (including phenoxy) is 1. The Morgan fingerprint density at radius 1 is 0.949 bits per heavy atom. The Morgan fingerprint density at radius 2 is 1.66 bits per heavy atom. The standard InChI is InChI=1S/C52H70N2O5/c1-29-22-30(2)24-32(23-29)26-33-27-54(37-17-21-53-43(33)37)28-35-42-41(31(3)25-38(55)47-48(4,5)59-47)45(58)36-14-11-18-52(51(36,42)8)20-15-39-49(6,46(52)44(35)57)19-16-40(56)50(39,7)34-12-9-10-13-34/h17,21-24,27,31,34-36,38-39,44,46-47,53,55,57H,9-16,18-20,25-26,28H2,1-8H3/t31-,35-,36-,38-,39-,44-,46-,47-,49-,50+,51+,52+/m1/s1. The van der Waals surface area contributed by atoms with E-state index in [9.17, 15) is 15.0 Å². The number of hydrogen-bond donors (Lipinski definition) is 3. The molecule has 3 N–H and O–H groups in total. The lowest BCUT2D eigenvalue weighted by Crippen LogP contribution is -2.71. The number of nitrogens with zero attached hydrogens (tertiary/aromatic N) is 1. The molecule has 5 saturated carbocycles. The van der Waals surface area contributed by atoms with Crippen LogP contribution in [-0.4, -0.2) is 55.2 Å². The lowest BCUT2D eigenvalue weighted by Gasteiger charge is -2.73. The number of rotatable bonds is 9. The zero-order valence-corrected chi connectivity index (χ0v) is 37.1. The lowest BCUT2D eigenvalue weighted by molar-refractivity contribution is -0.248. The van der Waals surface area contributed by atoms with Crippen molar-refractivity contribution in [3.05, 3.63) is 70.1 Å². The average Bonchev–Trinajstić information content (AvgIpc) is 3.72. The maximum Gasteiger partial charge on any atom is 0.163 e. The van der Waals surface area contributed by atoms with E-state index < -0.39 is 17.6 Å². The molecule has 318 valence electrons. The van der Waals surface area contributed by atoms with Crippen molar-refractivity contribution >= 4 is 22.6 Å². The summed E-state index contributed by atoms with van der Waals surface area (Å²) in [6.07, 6.45) is 15.0. The molecule has 3 heterocycles. The Hall–Kier alpha value is -3.00. The van der Waals surface area contributed by atoms with Gasteiger partial charge in [0.2, 0.25) is 0 Å². The zero-order chi connectivity index (χ0) is 41.6. The summed E-state index contributed by atoms with van der Waals surface area (Å²) in [5.41, 5.74) is 7.81. The predicted octanol–water partition coefficient (Wildman–Crippen LogP) is 10.00. The van der Waals surface area contributed by atoms with Gasteiger partial charge in [0, 0.05) is 54.4 Å². The molecule has 59 heavy (non-hydrogen) atoms. The number of carbonyl (C=O) groups excluding carboxylic acids is 2. The van der Waals surface area contributed by atoms with Crippen LogP contribution in [0.5, 0.6) is 0 Å². The molecular formula is C52H70N2O5. The van der Waals surface area contributed by atoms with Crippen molar-refractivity contribution in [2.75, 3.05) is 0 Å². The molecule has 6 fully saturated rings. The predicted molar refractivity (Wildman–Crippen MR) is 232 cm³/mol. The molecule has 1 aliphatic heterocycles. The second kappa shape index (κ2) is 13.5. The average molecular weight is 803 g/mol. The fourth-order valence-corrected chi connectivity index (χ4v) is 16.7. The first-order valence-electron chi connectivity index (χ1n) is 23.5. The van der Waals surface area contributed by atoms with Crippen molar-refractivity contribution < 1.29 is 24.5 Å². The molecule has 0 bridgehead atoms. The van der Waals surface area contributed by atoms with Gasteiger partial charge in [-0.1, -0.05) is 76.3 Å². The number of fused-ring (bicyclic) bond motifs is 3. The zero-order valence-electron chi connectivity index (χ0n) is 37.1. The van der Waals surface area contributed by atoms with Crippen LogP contribution in [0.15, 0.2) is 47.8 Å². The quantitative estimate of drug-likeness (QED) is 0.187. The van der Waals surface area contributed by atoms with E-state index >= 15 is 4.79 Å². The molecule has 3 aromatic rings. The first kappa shape index (κ1) is 40.1. The van der Waals surface area contributed by atoms with Gasteiger partial charge in [-0.15, -0.1) is 0 Å². The minimum Gasteiger partial charge on any atom is -0.392 e. The Kier molecular flexibility index (Phi) is 9.17. The molecule has 7 heteroatoms. The summed E-state index contributed by atoms with van der Waals surface area (Å²) < 4.78 is 8.32. The number of aromatic nitrogens is 2. The van der Waals surface area contributed by atoms with Crippen LogP contribution in [0.25, 0.3) is 11.0 Å². The third kappa shape index (κ3) is 5.54. The van der Waals surface area contributed by atoms with Gasteiger partial charge in [-0.3, -0.25) is 9.59 Å². The van der Waals surface area contributed by atoms with Crippen molar-refractivity contribution in [2.24, 2.45) is 57.2 Å². The topological polar surface area (TPSA) is 108 Å². The largest absolute Gasteiger partial charge is 0.392 e. The minimum absolute atomic E-state index is 0.0233. The summed E-state index contributed by atoms with van der Waals surface area (Å²) in [6.45, 7) is 18.4. The highest BCUT2D eigenvalue weighted by atomic mass is 16.6. The molecular weight excluding hydrogens is 733 g/mol. The number of benzene rings is 1. The number of carbonyl (C=O) groups is 2. The lowest BCUT2D eigenvalue weighted by atomic mass is 9.31. The van der Waals surface area contributed by atoms with E-state index in [4.69, 9.17) is 4.74 Å². The van der Waals surface area contributed by atoms with Gasteiger partial charge in [0.25, 0.3) is 0 Å². The highest BCUT2D eigenvalue weighted by Crippen LogP contribution is 2.79. The van der Waals surface area contributed by atoms with Gasteiger partial charge in [0.05, 0.1) is 28.8 Å². The van der Waals surface area contributed by atoms with E-state index in [1.807, 2.05) is 20.0 Å². The van der Waals surface area contributed by atoms with E-state index in [1.54, 1.807) is 0 Å².